The lowest BCUT2D eigenvalue weighted by atomic mass is 9.78. The second kappa shape index (κ2) is 10.00. The highest BCUT2D eigenvalue weighted by Gasteiger charge is 2.72. The number of cyclic esters (lactones) is 1. The van der Waals surface area contributed by atoms with Gasteiger partial charge >= 0.3 is 5.97 Å². The molecule has 4 aliphatic heterocycles. The van der Waals surface area contributed by atoms with Gasteiger partial charge in [-0.2, -0.15) is 0 Å². The number of anilines is 1. The van der Waals surface area contributed by atoms with Crippen molar-refractivity contribution in [3.05, 3.63) is 53.6 Å². The molecule has 0 saturated carbocycles. The largest absolute Gasteiger partial charge is 0.465 e. The Hall–Kier alpha value is -2.68. The molecule has 2 saturated heterocycles. The highest BCUT2D eigenvalue weighted by atomic mass is 35.5. The first-order valence-corrected chi connectivity index (χ1v) is 13.0. The van der Waals surface area contributed by atoms with Crippen LogP contribution in [0.1, 0.15) is 32.6 Å². The molecule has 0 aliphatic carbocycles. The van der Waals surface area contributed by atoms with E-state index >= 15 is 0 Å². The van der Waals surface area contributed by atoms with Crippen LogP contribution in [0.25, 0.3) is 0 Å². The van der Waals surface area contributed by atoms with Gasteiger partial charge in [-0.1, -0.05) is 42.8 Å². The van der Waals surface area contributed by atoms with Crippen LogP contribution in [0.4, 0.5) is 5.69 Å². The molecule has 0 radical (unpaired) electrons. The Bertz CT molecular complexity index is 1080. The Morgan fingerprint density at radius 1 is 1.14 bits per heavy atom. The maximum Gasteiger partial charge on any atom is 0.312 e. The number of carbonyl (C=O) groups is 3. The van der Waals surface area contributed by atoms with E-state index < -0.39 is 41.6 Å². The van der Waals surface area contributed by atoms with E-state index in [-0.39, 0.29) is 31.6 Å². The number of fused-ring (bicyclic) bond motifs is 2. The molecule has 0 bridgehead atoms. The number of aliphatic hydroxyl groups excluding tert-OH is 1. The van der Waals surface area contributed by atoms with Crippen molar-refractivity contribution in [1.82, 2.24) is 4.90 Å². The van der Waals surface area contributed by atoms with Crippen LogP contribution < -0.4 is 4.90 Å². The molecular formula is C27H31ClN2O6. The molecule has 8 nitrogen and oxygen atoms in total. The zero-order chi connectivity index (χ0) is 25.4. The molecule has 9 heteroatoms. The molecule has 4 heterocycles. The van der Waals surface area contributed by atoms with Crippen molar-refractivity contribution < 1.29 is 29.0 Å². The number of amides is 2. The average molecular weight is 515 g/mol. The van der Waals surface area contributed by atoms with E-state index in [2.05, 4.69) is 0 Å². The number of ether oxygens (including phenoxy) is 2. The van der Waals surface area contributed by atoms with Gasteiger partial charge in [0, 0.05) is 17.3 Å². The second-order valence-electron chi connectivity index (χ2n) is 9.75. The number of carbonyl (C=O) groups excluding carboxylic acids is 3. The molecule has 2 fully saturated rings. The third kappa shape index (κ3) is 3.96. The second-order valence-corrected chi connectivity index (χ2v) is 10.2. The summed E-state index contributed by atoms with van der Waals surface area (Å²) < 4.78 is 12.2. The first kappa shape index (κ1) is 25.0. The zero-order valence-electron chi connectivity index (χ0n) is 20.2. The van der Waals surface area contributed by atoms with Gasteiger partial charge in [-0.05, 0) is 49.9 Å². The van der Waals surface area contributed by atoms with Gasteiger partial charge in [0.25, 0.3) is 5.91 Å². The molecular weight excluding hydrogens is 484 g/mol. The van der Waals surface area contributed by atoms with Crippen molar-refractivity contribution in [2.24, 2.45) is 11.8 Å². The Morgan fingerprint density at radius 3 is 2.64 bits per heavy atom. The quantitative estimate of drug-likeness (QED) is 0.490. The number of aliphatic hydroxyl groups is 1. The zero-order valence-corrected chi connectivity index (χ0v) is 21.0. The highest BCUT2D eigenvalue weighted by molar-refractivity contribution is 6.30. The fourth-order valence-corrected chi connectivity index (χ4v) is 6.14. The smallest absolute Gasteiger partial charge is 0.312 e. The molecule has 4 aliphatic rings. The van der Waals surface area contributed by atoms with Crippen molar-refractivity contribution in [2.45, 2.75) is 56.4 Å². The third-order valence-corrected chi connectivity index (χ3v) is 8.00. The fourth-order valence-electron chi connectivity index (χ4n) is 6.02. The van der Waals surface area contributed by atoms with E-state index in [9.17, 15) is 19.5 Å². The van der Waals surface area contributed by atoms with Crippen molar-refractivity contribution in [1.29, 1.82) is 0 Å². The topological polar surface area (TPSA) is 96.4 Å². The van der Waals surface area contributed by atoms with Crippen molar-refractivity contribution in [3.63, 3.8) is 0 Å². The molecule has 5 rings (SSSR count). The first-order chi connectivity index (χ1) is 17.4. The minimum Gasteiger partial charge on any atom is -0.465 e. The molecule has 1 unspecified atom stereocenters. The van der Waals surface area contributed by atoms with Gasteiger partial charge in [0.1, 0.15) is 17.6 Å². The standard InChI is InChI=1S/C27H31ClN2O6/c1-2-18(16-31)30-23-25(33)29(19-11-9-17(28)10-12-19)14-7-13-27(23)22(24(30)32)21-20(36-27)8-5-3-4-6-15-35-26(21)34/h5,7-13,18,20-23,31H,2-4,6,14-16H2,1H3/b8-5-/t18-,20-,21+,22-,23?,27-/m0/s1. The highest BCUT2D eigenvalue weighted by Crippen LogP contribution is 2.54. The van der Waals surface area contributed by atoms with Crippen molar-refractivity contribution in [3.8, 4) is 0 Å². The summed E-state index contributed by atoms with van der Waals surface area (Å²) in [7, 11) is 0. The number of halogens is 1. The number of esters is 1. The number of nitrogens with zero attached hydrogens (tertiary/aromatic N) is 2. The number of likely N-dealkylation sites (tertiary alicyclic amines) is 1. The van der Waals surface area contributed by atoms with Crippen LogP contribution in [-0.2, 0) is 23.9 Å². The molecule has 1 spiro atoms. The minimum atomic E-state index is -1.36. The normalized spacial score (nSPS) is 33.9. The van der Waals surface area contributed by atoms with Gasteiger partial charge < -0.3 is 24.4 Å². The van der Waals surface area contributed by atoms with E-state index in [0.717, 1.165) is 19.3 Å². The number of benzene rings is 1. The Labute approximate surface area is 215 Å². The van der Waals surface area contributed by atoms with Gasteiger partial charge in [-0.25, -0.2) is 0 Å². The van der Waals surface area contributed by atoms with Crippen LogP contribution in [0.2, 0.25) is 5.02 Å². The van der Waals surface area contributed by atoms with Gasteiger partial charge in [0.15, 0.2) is 0 Å². The molecule has 192 valence electrons. The molecule has 6 atom stereocenters. The van der Waals surface area contributed by atoms with Gasteiger partial charge in [0.2, 0.25) is 5.91 Å². The van der Waals surface area contributed by atoms with Gasteiger partial charge in [-0.15, -0.1) is 0 Å². The number of hydrogen-bond acceptors (Lipinski definition) is 6. The van der Waals surface area contributed by atoms with E-state index in [1.165, 1.54) is 4.90 Å². The van der Waals surface area contributed by atoms with E-state index in [0.29, 0.717) is 17.1 Å². The Kier molecular flexibility index (Phi) is 6.94. The van der Waals surface area contributed by atoms with Crippen LogP contribution >= 0.6 is 11.6 Å². The van der Waals surface area contributed by atoms with E-state index in [1.807, 2.05) is 25.2 Å². The average Bonchev–Trinajstić information content (AvgIpc) is 3.26. The summed E-state index contributed by atoms with van der Waals surface area (Å²) in [5.74, 6) is -3.00. The molecule has 2 amide bonds. The molecule has 1 aromatic carbocycles. The predicted octanol–water partition coefficient (Wildman–Crippen LogP) is 2.88. The van der Waals surface area contributed by atoms with E-state index in [4.69, 9.17) is 21.1 Å². The first-order valence-electron chi connectivity index (χ1n) is 12.6. The number of allylic oxidation sites excluding steroid dienone is 1. The van der Waals surface area contributed by atoms with Crippen molar-refractivity contribution >= 4 is 35.1 Å². The summed E-state index contributed by atoms with van der Waals surface area (Å²) in [6, 6.07) is 5.28. The summed E-state index contributed by atoms with van der Waals surface area (Å²) in [4.78, 5) is 44.7. The predicted molar refractivity (Wildman–Crippen MR) is 133 cm³/mol. The number of hydrogen-bond donors (Lipinski definition) is 1. The lowest BCUT2D eigenvalue weighted by molar-refractivity contribution is -0.155. The summed E-state index contributed by atoms with van der Waals surface area (Å²) in [6.07, 6.45) is 9.61. The maximum atomic E-state index is 14.2. The minimum absolute atomic E-state index is 0.266. The van der Waals surface area contributed by atoms with Crippen LogP contribution in [0.3, 0.4) is 0 Å². The summed E-state index contributed by atoms with van der Waals surface area (Å²) in [6.45, 7) is 2.09. The van der Waals surface area contributed by atoms with E-state index in [1.54, 1.807) is 35.2 Å². The van der Waals surface area contributed by atoms with Crippen LogP contribution in [-0.4, -0.2) is 71.3 Å². The van der Waals surface area contributed by atoms with Crippen LogP contribution in [0.5, 0.6) is 0 Å². The number of rotatable bonds is 4. The summed E-state index contributed by atoms with van der Waals surface area (Å²) in [5.41, 5.74) is -0.722. The molecule has 1 N–H and O–H groups in total. The Morgan fingerprint density at radius 2 is 1.92 bits per heavy atom. The summed E-state index contributed by atoms with van der Waals surface area (Å²) in [5, 5.41) is 10.7. The maximum absolute atomic E-state index is 14.2. The monoisotopic (exact) mass is 514 g/mol. The summed E-state index contributed by atoms with van der Waals surface area (Å²) >= 11 is 6.07. The van der Waals surface area contributed by atoms with Gasteiger partial charge in [-0.3, -0.25) is 14.4 Å². The fraction of sp³-hybridized carbons (Fsp3) is 0.519. The SMILES string of the molecule is CC[C@@H](CO)N1C(=O)[C@@H]2[C@@H]3C(=O)OCCCC/C=C\[C@@H]3O[C@@]23C=CCN(c2ccc(Cl)cc2)C(=O)C13. The lowest BCUT2D eigenvalue weighted by Gasteiger charge is -2.38. The van der Waals surface area contributed by atoms with Gasteiger partial charge in [0.05, 0.1) is 31.3 Å². The lowest BCUT2D eigenvalue weighted by Crippen LogP contribution is -2.58. The van der Waals surface area contributed by atoms with Crippen LogP contribution in [0, 0.1) is 11.8 Å². The molecule has 1 aromatic rings. The third-order valence-electron chi connectivity index (χ3n) is 7.75. The molecule has 36 heavy (non-hydrogen) atoms. The Balaban J connectivity index is 1.63. The molecule has 0 aromatic heterocycles. The van der Waals surface area contributed by atoms with Crippen LogP contribution in [0.15, 0.2) is 48.6 Å². The van der Waals surface area contributed by atoms with Crippen molar-refractivity contribution in [2.75, 3.05) is 24.7 Å².